The van der Waals surface area contributed by atoms with Crippen LogP contribution in [0.5, 0.6) is 0 Å². The van der Waals surface area contributed by atoms with E-state index in [4.69, 9.17) is 5.26 Å². The molecule has 2 amide bonds. The number of rotatable bonds is 1. The molecule has 2 unspecified atom stereocenters. The molecule has 0 spiro atoms. The van der Waals surface area contributed by atoms with E-state index in [-0.39, 0.29) is 23.8 Å². The van der Waals surface area contributed by atoms with Gasteiger partial charge in [-0.15, -0.1) is 0 Å². The Labute approximate surface area is 155 Å². The maximum Gasteiger partial charge on any atom is 0.254 e. The van der Waals surface area contributed by atoms with Gasteiger partial charge in [0.1, 0.15) is 0 Å². The molecule has 1 aliphatic carbocycles. The highest BCUT2D eigenvalue weighted by Gasteiger charge is 2.37. The maximum absolute atomic E-state index is 13.2. The summed E-state index contributed by atoms with van der Waals surface area (Å²) >= 11 is 0. The van der Waals surface area contributed by atoms with Crippen LogP contribution in [0.1, 0.15) is 67.3 Å². The molecule has 3 rings (SSSR count). The summed E-state index contributed by atoms with van der Waals surface area (Å²) in [4.78, 5) is 27.8. The van der Waals surface area contributed by atoms with E-state index >= 15 is 0 Å². The molecule has 0 bridgehead atoms. The van der Waals surface area contributed by atoms with Crippen LogP contribution in [0.4, 0.5) is 0 Å². The molecule has 138 valence electrons. The summed E-state index contributed by atoms with van der Waals surface area (Å²) in [5.74, 6) is -0.0168. The molecule has 1 aliphatic heterocycles. The summed E-state index contributed by atoms with van der Waals surface area (Å²) in [7, 11) is 0. The van der Waals surface area contributed by atoms with Gasteiger partial charge in [0.2, 0.25) is 5.91 Å². The first-order valence-electron chi connectivity index (χ1n) is 9.79. The lowest BCUT2D eigenvalue weighted by molar-refractivity contribution is -0.128. The summed E-state index contributed by atoms with van der Waals surface area (Å²) in [5.41, 5.74) is 1.15. The smallest absolute Gasteiger partial charge is 0.254 e. The van der Waals surface area contributed by atoms with Crippen LogP contribution in [0.25, 0.3) is 0 Å². The Morgan fingerprint density at radius 2 is 1.77 bits per heavy atom. The summed E-state index contributed by atoms with van der Waals surface area (Å²) in [6.07, 6.45) is 7.98. The van der Waals surface area contributed by atoms with Gasteiger partial charge in [0.15, 0.2) is 0 Å². The molecule has 5 nitrogen and oxygen atoms in total. The van der Waals surface area contributed by atoms with Gasteiger partial charge < -0.3 is 10.2 Å². The van der Waals surface area contributed by atoms with Gasteiger partial charge in [-0.25, -0.2) is 0 Å². The zero-order valence-corrected chi connectivity index (χ0v) is 15.2. The highest BCUT2D eigenvalue weighted by molar-refractivity contribution is 5.95. The highest BCUT2D eigenvalue weighted by atomic mass is 16.2. The molecule has 26 heavy (non-hydrogen) atoms. The molecule has 1 aromatic carbocycles. The molecule has 2 aliphatic rings. The summed E-state index contributed by atoms with van der Waals surface area (Å²) in [5, 5.41) is 12.0. The fourth-order valence-electron chi connectivity index (χ4n) is 4.16. The van der Waals surface area contributed by atoms with Crippen molar-refractivity contribution in [2.24, 2.45) is 5.92 Å². The average molecular weight is 353 g/mol. The van der Waals surface area contributed by atoms with Crippen molar-refractivity contribution in [1.82, 2.24) is 10.2 Å². The minimum atomic E-state index is -0.107. The van der Waals surface area contributed by atoms with E-state index in [0.717, 1.165) is 57.9 Å². The van der Waals surface area contributed by atoms with Crippen molar-refractivity contribution < 1.29 is 9.59 Å². The summed E-state index contributed by atoms with van der Waals surface area (Å²) in [6, 6.07) is 8.89. The molecular formula is C21H27N3O2. The number of benzene rings is 1. The van der Waals surface area contributed by atoms with Crippen molar-refractivity contribution in [3.05, 3.63) is 35.4 Å². The molecule has 1 N–H and O–H groups in total. The normalized spacial score (nSPS) is 24.6. The summed E-state index contributed by atoms with van der Waals surface area (Å²) in [6.45, 7) is 1.44. The van der Waals surface area contributed by atoms with Crippen molar-refractivity contribution >= 4 is 11.8 Å². The molecule has 5 heteroatoms. The van der Waals surface area contributed by atoms with Crippen LogP contribution in [0, 0.1) is 17.2 Å². The number of carbonyl (C=O) groups excluding carboxylic acids is 2. The minimum Gasteiger partial charge on any atom is -0.356 e. The lowest BCUT2D eigenvalue weighted by Crippen LogP contribution is -2.51. The molecule has 2 fully saturated rings. The second-order valence-electron chi connectivity index (χ2n) is 7.35. The van der Waals surface area contributed by atoms with Crippen molar-refractivity contribution in [2.75, 3.05) is 13.1 Å². The molecular weight excluding hydrogens is 326 g/mol. The Kier molecular flexibility index (Phi) is 6.27. The lowest BCUT2D eigenvalue weighted by atomic mass is 9.82. The van der Waals surface area contributed by atoms with Crippen LogP contribution in [0.15, 0.2) is 24.3 Å². The molecule has 0 aromatic heterocycles. The number of carbonyl (C=O) groups is 2. The summed E-state index contributed by atoms with van der Waals surface area (Å²) < 4.78 is 0. The minimum absolute atomic E-state index is 0.0153. The largest absolute Gasteiger partial charge is 0.356 e. The Morgan fingerprint density at radius 3 is 2.54 bits per heavy atom. The second kappa shape index (κ2) is 8.84. The van der Waals surface area contributed by atoms with Crippen molar-refractivity contribution in [2.45, 2.75) is 57.4 Å². The van der Waals surface area contributed by atoms with E-state index in [1.165, 1.54) is 0 Å². The topological polar surface area (TPSA) is 73.2 Å². The Hall–Kier alpha value is -2.35. The quantitative estimate of drug-likeness (QED) is 0.842. The van der Waals surface area contributed by atoms with Crippen molar-refractivity contribution in [3.63, 3.8) is 0 Å². The third-order valence-electron chi connectivity index (χ3n) is 5.61. The number of nitriles is 1. The molecule has 1 heterocycles. The van der Waals surface area contributed by atoms with Crippen molar-refractivity contribution in [1.29, 1.82) is 5.26 Å². The van der Waals surface area contributed by atoms with Crippen LogP contribution in [-0.2, 0) is 4.79 Å². The third kappa shape index (κ3) is 4.24. The number of fused-ring (bicyclic) bond motifs is 1. The van der Waals surface area contributed by atoms with Gasteiger partial charge in [-0.3, -0.25) is 9.59 Å². The zero-order chi connectivity index (χ0) is 18.4. The fraction of sp³-hybridized carbons (Fsp3) is 0.571. The van der Waals surface area contributed by atoms with Gasteiger partial charge in [-0.1, -0.05) is 25.7 Å². The van der Waals surface area contributed by atoms with Gasteiger partial charge in [-0.2, -0.15) is 5.26 Å². The first kappa shape index (κ1) is 18.4. The standard InChI is InChI=1S/C21H27N3O2/c22-15-16-9-11-17(12-10-16)21(26)24-14-6-2-1-5-13-23-20(25)18-7-3-4-8-19(18)24/h9-12,18-19H,1-8,13-14H2,(H,23,25). The Balaban J connectivity index is 1.86. The van der Waals surface area contributed by atoms with Gasteiger partial charge in [-0.05, 0) is 49.9 Å². The predicted molar refractivity (Wildman–Crippen MR) is 99.4 cm³/mol. The van der Waals surface area contributed by atoms with E-state index in [0.29, 0.717) is 17.7 Å². The number of nitrogens with one attached hydrogen (secondary N) is 1. The van der Waals surface area contributed by atoms with Crippen LogP contribution in [0.3, 0.4) is 0 Å². The van der Waals surface area contributed by atoms with Gasteiger partial charge in [0, 0.05) is 24.7 Å². The average Bonchev–Trinajstić information content (AvgIpc) is 2.72. The van der Waals surface area contributed by atoms with E-state index in [2.05, 4.69) is 11.4 Å². The monoisotopic (exact) mass is 353 g/mol. The molecule has 2 atom stereocenters. The van der Waals surface area contributed by atoms with Gasteiger partial charge in [0.25, 0.3) is 5.91 Å². The first-order chi connectivity index (χ1) is 12.7. The lowest BCUT2D eigenvalue weighted by Gasteiger charge is -2.39. The van der Waals surface area contributed by atoms with Crippen molar-refractivity contribution in [3.8, 4) is 6.07 Å². The predicted octanol–water partition coefficient (Wildman–Crippen LogP) is 3.25. The first-order valence-corrected chi connectivity index (χ1v) is 9.79. The van der Waals surface area contributed by atoms with Gasteiger partial charge in [0.05, 0.1) is 17.6 Å². The molecule has 1 saturated heterocycles. The number of hydrogen-bond donors (Lipinski definition) is 1. The van der Waals surface area contributed by atoms with Crippen LogP contribution >= 0.6 is 0 Å². The van der Waals surface area contributed by atoms with Crippen LogP contribution < -0.4 is 5.32 Å². The molecule has 1 saturated carbocycles. The Morgan fingerprint density at radius 1 is 1.04 bits per heavy atom. The number of nitrogens with zero attached hydrogens (tertiary/aromatic N) is 2. The third-order valence-corrected chi connectivity index (χ3v) is 5.61. The van der Waals surface area contributed by atoms with Gasteiger partial charge >= 0.3 is 0 Å². The number of hydrogen-bond acceptors (Lipinski definition) is 3. The second-order valence-corrected chi connectivity index (χ2v) is 7.35. The van der Waals surface area contributed by atoms with E-state index in [1.54, 1.807) is 24.3 Å². The van der Waals surface area contributed by atoms with Crippen LogP contribution in [0.2, 0.25) is 0 Å². The van der Waals surface area contributed by atoms with E-state index in [1.807, 2.05) is 4.90 Å². The van der Waals surface area contributed by atoms with E-state index < -0.39 is 0 Å². The van der Waals surface area contributed by atoms with Crippen LogP contribution in [-0.4, -0.2) is 35.8 Å². The number of amides is 2. The highest BCUT2D eigenvalue weighted by Crippen LogP contribution is 2.30. The molecule has 0 radical (unpaired) electrons. The zero-order valence-electron chi connectivity index (χ0n) is 15.2. The Bertz CT molecular complexity index is 677. The fourth-order valence-corrected chi connectivity index (χ4v) is 4.16. The SMILES string of the molecule is N#Cc1ccc(C(=O)N2CCCCCCNC(=O)C3CCCCC32)cc1. The maximum atomic E-state index is 13.2. The van der Waals surface area contributed by atoms with E-state index in [9.17, 15) is 9.59 Å². The molecule has 1 aromatic rings.